The number of carbonyl (C=O) groups is 2. The molecule has 1 amide bonds. The van der Waals surface area contributed by atoms with E-state index in [9.17, 15) is 9.59 Å². The van der Waals surface area contributed by atoms with E-state index in [1.54, 1.807) is 19.1 Å². The summed E-state index contributed by atoms with van der Waals surface area (Å²) >= 11 is 0. The Hall–Kier alpha value is -2.11. The minimum Gasteiger partial charge on any atom is -0.481 e. The Morgan fingerprint density at radius 3 is 2.73 bits per heavy atom. The fourth-order valence-electron chi connectivity index (χ4n) is 2.48. The minimum absolute atomic E-state index is 0.0356. The highest BCUT2D eigenvalue weighted by Gasteiger charge is 2.17. The molecule has 2 N–H and O–H groups in total. The Morgan fingerprint density at radius 1 is 1.41 bits per heavy atom. The zero-order valence-electron chi connectivity index (χ0n) is 12.7. The zero-order chi connectivity index (χ0) is 15.9. The summed E-state index contributed by atoms with van der Waals surface area (Å²) < 4.78 is 5.75. The number of ether oxygens (including phenoxy) is 1. The van der Waals surface area contributed by atoms with E-state index in [1.165, 1.54) is 19.0 Å². The molecule has 6 heteroatoms. The van der Waals surface area contributed by atoms with Crippen LogP contribution in [-0.4, -0.2) is 34.1 Å². The summed E-state index contributed by atoms with van der Waals surface area (Å²) in [6, 6.07) is 3.18. The molecule has 1 aliphatic rings. The molecular weight excluding hydrogens is 284 g/mol. The van der Waals surface area contributed by atoms with Gasteiger partial charge in [-0.3, -0.25) is 9.59 Å². The number of hydrogen-bond donors (Lipinski definition) is 2. The van der Waals surface area contributed by atoms with E-state index >= 15 is 0 Å². The van der Waals surface area contributed by atoms with Crippen LogP contribution in [0.25, 0.3) is 0 Å². The summed E-state index contributed by atoms with van der Waals surface area (Å²) in [6.07, 6.45) is 6.67. The van der Waals surface area contributed by atoms with Gasteiger partial charge in [-0.25, -0.2) is 4.98 Å². The minimum atomic E-state index is -0.865. The molecule has 1 aromatic heterocycles. The van der Waals surface area contributed by atoms with Crippen molar-refractivity contribution in [2.24, 2.45) is 0 Å². The Morgan fingerprint density at radius 2 is 2.14 bits per heavy atom. The SMILES string of the molecule is CC(CCC(=O)O)NC(=O)c1ccc(OC2CCCC2)nc1. The lowest BCUT2D eigenvalue weighted by atomic mass is 10.1. The van der Waals surface area contributed by atoms with Crippen LogP contribution in [0.1, 0.15) is 55.8 Å². The maximum atomic E-state index is 12.0. The largest absolute Gasteiger partial charge is 0.481 e. The lowest BCUT2D eigenvalue weighted by Gasteiger charge is -2.14. The first-order valence-electron chi connectivity index (χ1n) is 7.70. The van der Waals surface area contributed by atoms with E-state index in [0.717, 1.165) is 12.8 Å². The van der Waals surface area contributed by atoms with Crippen molar-refractivity contribution in [2.75, 3.05) is 0 Å². The molecule has 0 radical (unpaired) electrons. The van der Waals surface area contributed by atoms with Crippen LogP contribution < -0.4 is 10.1 Å². The second-order valence-electron chi connectivity index (χ2n) is 5.72. The van der Waals surface area contributed by atoms with E-state index < -0.39 is 5.97 Å². The number of aliphatic carboxylic acids is 1. The number of hydrogen-bond acceptors (Lipinski definition) is 4. The van der Waals surface area contributed by atoms with Crippen molar-refractivity contribution < 1.29 is 19.4 Å². The highest BCUT2D eigenvalue weighted by atomic mass is 16.5. The molecule has 0 spiro atoms. The summed E-state index contributed by atoms with van der Waals surface area (Å²) in [6.45, 7) is 1.78. The number of amides is 1. The second kappa shape index (κ2) is 7.77. The van der Waals surface area contributed by atoms with Gasteiger partial charge >= 0.3 is 5.97 Å². The molecule has 0 saturated heterocycles. The predicted octanol–water partition coefficient (Wildman–Crippen LogP) is 2.39. The van der Waals surface area contributed by atoms with Gasteiger partial charge in [0.15, 0.2) is 0 Å². The molecule has 6 nitrogen and oxygen atoms in total. The average molecular weight is 306 g/mol. The van der Waals surface area contributed by atoms with Crippen molar-refractivity contribution in [1.82, 2.24) is 10.3 Å². The predicted molar refractivity (Wildman–Crippen MR) is 80.9 cm³/mol. The molecule has 1 saturated carbocycles. The normalized spacial score (nSPS) is 16.2. The summed E-state index contributed by atoms with van der Waals surface area (Å²) in [5, 5.41) is 11.4. The van der Waals surface area contributed by atoms with Gasteiger partial charge in [-0.05, 0) is 45.1 Å². The van der Waals surface area contributed by atoms with E-state index in [0.29, 0.717) is 17.9 Å². The van der Waals surface area contributed by atoms with E-state index in [1.807, 2.05) is 0 Å². The monoisotopic (exact) mass is 306 g/mol. The number of aromatic nitrogens is 1. The number of nitrogens with one attached hydrogen (secondary N) is 1. The van der Waals surface area contributed by atoms with Crippen molar-refractivity contribution in [3.05, 3.63) is 23.9 Å². The van der Waals surface area contributed by atoms with Gasteiger partial charge in [0.2, 0.25) is 5.88 Å². The van der Waals surface area contributed by atoms with Crippen LogP contribution in [0, 0.1) is 0 Å². The third-order valence-electron chi connectivity index (χ3n) is 3.76. The molecule has 0 aromatic carbocycles. The number of nitrogens with zero attached hydrogens (tertiary/aromatic N) is 1. The van der Waals surface area contributed by atoms with Gasteiger partial charge < -0.3 is 15.2 Å². The quantitative estimate of drug-likeness (QED) is 0.807. The Kier molecular flexibility index (Phi) is 5.75. The van der Waals surface area contributed by atoms with Crippen LogP contribution >= 0.6 is 0 Å². The Bertz CT molecular complexity index is 509. The van der Waals surface area contributed by atoms with Crippen molar-refractivity contribution in [2.45, 2.75) is 57.6 Å². The first kappa shape index (κ1) is 16.3. The molecule has 1 unspecified atom stereocenters. The van der Waals surface area contributed by atoms with Crippen LogP contribution in [0.4, 0.5) is 0 Å². The first-order chi connectivity index (χ1) is 10.5. The number of rotatable bonds is 7. The smallest absolute Gasteiger partial charge is 0.303 e. The van der Waals surface area contributed by atoms with Crippen molar-refractivity contribution in [3.63, 3.8) is 0 Å². The molecule has 1 fully saturated rings. The summed E-state index contributed by atoms with van der Waals surface area (Å²) in [5.41, 5.74) is 0.445. The van der Waals surface area contributed by atoms with Gasteiger partial charge in [0.25, 0.3) is 5.91 Å². The van der Waals surface area contributed by atoms with Crippen LogP contribution in [0.2, 0.25) is 0 Å². The van der Waals surface area contributed by atoms with Gasteiger partial charge in [0.1, 0.15) is 6.10 Å². The van der Waals surface area contributed by atoms with E-state index in [-0.39, 0.29) is 24.5 Å². The molecule has 22 heavy (non-hydrogen) atoms. The molecule has 1 aromatic rings. The molecule has 1 atom stereocenters. The van der Waals surface area contributed by atoms with Crippen LogP contribution in [0.3, 0.4) is 0 Å². The number of carbonyl (C=O) groups excluding carboxylic acids is 1. The zero-order valence-corrected chi connectivity index (χ0v) is 12.7. The van der Waals surface area contributed by atoms with Crippen molar-refractivity contribution in [3.8, 4) is 5.88 Å². The van der Waals surface area contributed by atoms with Crippen LogP contribution in [-0.2, 0) is 4.79 Å². The third-order valence-corrected chi connectivity index (χ3v) is 3.76. The van der Waals surface area contributed by atoms with Crippen LogP contribution in [0.5, 0.6) is 5.88 Å². The lowest BCUT2D eigenvalue weighted by molar-refractivity contribution is -0.137. The molecule has 1 heterocycles. The number of pyridine rings is 1. The second-order valence-corrected chi connectivity index (χ2v) is 5.72. The topological polar surface area (TPSA) is 88.5 Å². The number of carboxylic acids is 1. The third kappa shape index (κ3) is 5.02. The lowest BCUT2D eigenvalue weighted by Crippen LogP contribution is -2.33. The molecule has 2 rings (SSSR count). The maximum absolute atomic E-state index is 12.0. The van der Waals surface area contributed by atoms with E-state index in [2.05, 4.69) is 10.3 Å². The molecular formula is C16H22N2O4. The Labute approximate surface area is 129 Å². The van der Waals surface area contributed by atoms with Crippen LogP contribution in [0.15, 0.2) is 18.3 Å². The molecule has 1 aliphatic carbocycles. The summed E-state index contributed by atoms with van der Waals surface area (Å²) in [5.74, 6) is -0.573. The standard InChI is InChI=1S/C16H22N2O4/c1-11(6-9-15(19)20)18-16(21)12-7-8-14(17-10-12)22-13-4-2-3-5-13/h7-8,10-11,13H,2-6,9H2,1H3,(H,18,21)(H,19,20). The molecule has 0 bridgehead atoms. The van der Waals surface area contributed by atoms with Gasteiger partial charge in [-0.2, -0.15) is 0 Å². The highest BCUT2D eigenvalue weighted by Crippen LogP contribution is 2.22. The van der Waals surface area contributed by atoms with Crippen molar-refractivity contribution in [1.29, 1.82) is 0 Å². The van der Waals surface area contributed by atoms with Gasteiger partial charge in [-0.15, -0.1) is 0 Å². The fourth-order valence-corrected chi connectivity index (χ4v) is 2.48. The molecule has 120 valence electrons. The Balaban J connectivity index is 1.83. The van der Waals surface area contributed by atoms with Gasteiger partial charge in [-0.1, -0.05) is 0 Å². The number of carboxylic acid groups (broad SMARTS) is 1. The fraction of sp³-hybridized carbons (Fsp3) is 0.562. The van der Waals surface area contributed by atoms with Gasteiger partial charge in [0, 0.05) is 24.7 Å². The maximum Gasteiger partial charge on any atom is 0.303 e. The average Bonchev–Trinajstić information content (AvgIpc) is 2.99. The molecule has 0 aliphatic heterocycles. The summed E-state index contributed by atoms with van der Waals surface area (Å²) in [7, 11) is 0. The van der Waals surface area contributed by atoms with E-state index in [4.69, 9.17) is 9.84 Å². The highest BCUT2D eigenvalue weighted by molar-refractivity contribution is 5.94. The first-order valence-corrected chi connectivity index (χ1v) is 7.70. The van der Waals surface area contributed by atoms with Gasteiger partial charge in [0.05, 0.1) is 5.56 Å². The van der Waals surface area contributed by atoms with Crippen molar-refractivity contribution >= 4 is 11.9 Å². The summed E-state index contributed by atoms with van der Waals surface area (Å²) in [4.78, 5) is 26.7.